The van der Waals surface area contributed by atoms with Crippen LogP contribution >= 0.6 is 0 Å². The van der Waals surface area contributed by atoms with E-state index in [4.69, 9.17) is 4.74 Å². The lowest BCUT2D eigenvalue weighted by Gasteiger charge is -2.60. The molecule has 24 heavy (non-hydrogen) atoms. The largest absolute Gasteiger partial charge is 0.381 e. The van der Waals surface area contributed by atoms with Crippen LogP contribution in [0.3, 0.4) is 0 Å². The molecular formula is C22H34O2. The molecule has 9 atom stereocenters. The number of ether oxygens (including phenoxy) is 1. The summed E-state index contributed by atoms with van der Waals surface area (Å²) < 4.78 is 6.15. The van der Waals surface area contributed by atoms with Gasteiger partial charge in [0, 0.05) is 18.4 Å². The van der Waals surface area contributed by atoms with Gasteiger partial charge < -0.3 is 4.74 Å². The minimum atomic E-state index is 0.272. The first-order valence-corrected chi connectivity index (χ1v) is 10.4. The summed E-state index contributed by atoms with van der Waals surface area (Å²) in [5, 5.41) is 0. The highest BCUT2D eigenvalue weighted by Gasteiger charge is 2.77. The Morgan fingerprint density at radius 1 is 1.04 bits per heavy atom. The molecule has 0 heterocycles. The molecule has 2 heteroatoms. The van der Waals surface area contributed by atoms with Crippen LogP contribution in [0.15, 0.2) is 0 Å². The number of carbonyl (C=O) groups is 1. The molecule has 5 aliphatic carbocycles. The molecule has 8 unspecified atom stereocenters. The molecule has 0 amide bonds. The van der Waals surface area contributed by atoms with E-state index in [2.05, 4.69) is 13.8 Å². The predicted octanol–water partition coefficient (Wildman–Crippen LogP) is 4.86. The fraction of sp³-hybridized carbons (Fsp3) is 0.955. The van der Waals surface area contributed by atoms with E-state index in [1.807, 2.05) is 14.0 Å². The minimum absolute atomic E-state index is 0.272. The number of hydrogen-bond donors (Lipinski definition) is 0. The van der Waals surface area contributed by atoms with Gasteiger partial charge in [0.1, 0.15) is 5.78 Å². The Labute approximate surface area is 147 Å². The molecule has 0 radical (unpaired) electrons. The number of rotatable bonds is 2. The molecule has 2 nitrogen and oxygen atoms in total. The number of Topliss-reactive ketones (excluding diaryl/α,β-unsaturated/α-hetero) is 1. The lowest BCUT2D eigenvalue weighted by atomic mass is 9.45. The van der Waals surface area contributed by atoms with Crippen molar-refractivity contribution < 1.29 is 9.53 Å². The third kappa shape index (κ3) is 1.57. The van der Waals surface area contributed by atoms with E-state index >= 15 is 0 Å². The molecule has 0 aliphatic heterocycles. The van der Waals surface area contributed by atoms with Crippen molar-refractivity contribution in [3.05, 3.63) is 0 Å². The molecule has 134 valence electrons. The Hall–Kier alpha value is -0.370. The van der Waals surface area contributed by atoms with E-state index in [-0.39, 0.29) is 5.41 Å². The molecule has 5 fully saturated rings. The molecule has 0 aromatic carbocycles. The van der Waals surface area contributed by atoms with Crippen molar-refractivity contribution in [2.24, 2.45) is 45.8 Å². The average molecular weight is 331 g/mol. The normalized spacial score (nSPS) is 60.8. The van der Waals surface area contributed by atoms with Crippen LogP contribution in [0.4, 0.5) is 0 Å². The number of carbonyl (C=O) groups excluding carboxylic acids is 1. The van der Waals surface area contributed by atoms with E-state index in [0.717, 1.165) is 30.1 Å². The zero-order valence-corrected chi connectivity index (χ0v) is 15.9. The first kappa shape index (κ1) is 15.9. The first-order chi connectivity index (χ1) is 11.4. The number of methoxy groups -OCH3 is 1. The van der Waals surface area contributed by atoms with Crippen molar-refractivity contribution in [1.82, 2.24) is 0 Å². The summed E-state index contributed by atoms with van der Waals surface area (Å²) in [6, 6.07) is 0. The van der Waals surface area contributed by atoms with Gasteiger partial charge >= 0.3 is 0 Å². The second-order valence-corrected chi connectivity index (χ2v) is 10.5. The molecule has 0 saturated heterocycles. The minimum Gasteiger partial charge on any atom is -0.381 e. The highest BCUT2D eigenvalue weighted by molar-refractivity contribution is 5.79. The van der Waals surface area contributed by atoms with Gasteiger partial charge in [0.25, 0.3) is 0 Å². The van der Waals surface area contributed by atoms with Crippen LogP contribution in [0.1, 0.15) is 72.1 Å². The topological polar surface area (TPSA) is 26.3 Å². The lowest BCUT2D eigenvalue weighted by Crippen LogP contribution is -2.57. The van der Waals surface area contributed by atoms with Gasteiger partial charge in [-0.25, -0.2) is 0 Å². The van der Waals surface area contributed by atoms with E-state index < -0.39 is 0 Å². The molecule has 5 saturated carbocycles. The summed E-state index contributed by atoms with van der Waals surface area (Å²) >= 11 is 0. The fourth-order valence-electron chi connectivity index (χ4n) is 9.25. The summed E-state index contributed by atoms with van der Waals surface area (Å²) in [5.41, 5.74) is 1.31. The van der Waals surface area contributed by atoms with Gasteiger partial charge in [-0.1, -0.05) is 13.8 Å². The molecular weight excluding hydrogens is 296 g/mol. The van der Waals surface area contributed by atoms with Crippen molar-refractivity contribution in [3.63, 3.8) is 0 Å². The lowest BCUT2D eigenvalue weighted by molar-refractivity contribution is -0.161. The zero-order chi connectivity index (χ0) is 16.9. The number of ketones is 1. The smallest absolute Gasteiger partial charge is 0.133 e. The van der Waals surface area contributed by atoms with E-state index in [1.165, 1.54) is 44.9 Å². The quantitative estimate of drug-likeness (QED) is 0.723. The number of hydrogen-bond acceptors (Lipinski definition) is 2. The van der Waals surface area contributed by atoms with Crippen molar-refractivity contribution in [2.75, 3.05) is 7.11 Å². The highest BCUT2D eigenvalue weighted by atomic mass is 16.5. The van der Waals surface area contributed by atoms with E-state index in [1.54, 1.807) is 0 Å². The maximum atomic E-state index is 12.3. The zero-order valence-electron chi connectivity index (χ0n) is 15.9. The molecule has 0 aromatic heterocycles. The standard InChI is InChI=1S/C22H34O2/c1-13(23)16-5-6-17-15-11-19(24-4)22-12-14(22)7-10-21(22,3)18(15)8-9-20(16,17)2/h14-19H,5-12H2,1-4H3/t14-,15?,16?,17?,18?,19?,20?,21?,22?/m1/s1. The SMILES string of the molecule is COC1CC2C3CCC(C(C)=O)C3(C)CCC2C2(C)CC[C@@H]3CC132. The van der Waals surface area contributed by atoms with Gasteiger partial charge in [0.05, 0.1) is 6.10 Å². The third-order valence-electron chi connectivity index (χ3n) is 10.3. The van der Waals surface area contributed by atoms with Gasteiger partial charge in [-0.15, -0.1) is 0 Å². The van der Waals surface area contributed by atoms with Crippen LogP contribution < -0.4 is 0 Å². The van der Waals surface area contributed by atoms with Gasteiger partial charge in [0.15, 0.2) is 0 Å². The van der Waals surface area contributed by atoms with Crippen LogP contribution in [0.25, 0.3) is 0 Å². The van der Waals surface area contributed by atoms with Crippen molar-refractivity contribution in [3.8, 4) is 0 Å². The summed E-state index contributed by atoms with van der Waals surface area (Å²) in [5.74, 6) is 4.17. The predicted molar refractivity (Wildman–Crippen MR) is 94.5 cm³/mol. The van der Waals surface area contributed by atoms with Crippen molar-refractivity contribution in [1.29, 1.82) is 0 Å². The van der Waals surface area contributed by atoms with Gasteiger partial charge in [-0.2, -0.15) is 0 Å². The van der Waals surface area contributed by atoms with Gasteiger partial charge in [-0.3, -0.25) is 4.79 Å². The monoisotopic (exact) mass is 330 g/mol. The van der Waals surface area contributed by atoms with E-state index in [0.29, 0.717) is 28.6 Å². The molecule has 0 aromatic rings. The second kappa shape index (κ2) is 4.67. The summed E-state index contributed by atoms with van der Waals surface area (Å²) in [4.78, 5) is 12.3. The average Bonchev–Trinajstić information content (AvgIpc) is 3.04. The fourth-order valence-corrected chi connectivity index (χ4v) is 9.25. The first-order valence-electron chi connectivity index (χ1n) is 10.4. The van der Waals surface area contributed by atoms with Gasteiger partial charge in [-0.05, 0) is 92.8 Å². The Bertz CT molecular complexity index is 585. The maximum Gasteiger partial charge on any atom is 0.133 e. The number of fused-ring (bicyclic) bond motifs is 4. The summed E-state index contributed by atoms with van der Waals surface area (Å²) in [6.45, 7) is 6.92. The van der Waals surface area contributed by atoms with Crippen LogP contribution in [0.5, 0.6) is 0 Å². The Morgan fingerprint density at radius 3 is 2.50 bits per heavy atom. The van der Waals surface area contributed by atoms with Crippen LogP contribution in [0.2, 0.25) is 0 Å². The molecule has 5 rings (SSSR count). The molecule has 5 aliphatic rings. The second-order valence-electron chi connectivity index (χ2n) is 10.5. The maximum absolute atomic E-state index is 12.3. The van der Waals surface area contributed by atoms with E-state index in [9.17, 15) is 4.79 Å². The highest BCUT2D eigenvalue weighted by Crippen LogP contribution is 2.82. The van der Waals surface area contributed by atoms with Gasteiger partial charge in [0.2, 0.25) is 0 Å². The van der Waals surface area contributed by atoms with Crippen LogP contribution in [-0.2, 0) is 9.53 Å². The summed E-state index contributed by atoms with van der Waals surface area (Å²) in [7, 11) is 1.96. The molecule has 1 spiro atoms. The van der Waals surface area contributed by atoms with Crippen molar-refractivity contribution >= 4 is 5.78 Å². The third-order valence-corrected chi connectivity index (χ3v) is 10.3. The Balaban J connectivity index is 1.53. The molecule has 0 N–H and O–H groups in total. The Kier molecular flexibility index (Phi) is 3.08. The van der Waals surface area contributed by atoms with Crippen LogP contribution in [0, 0.1) is 45.8 Å². The molecule has 0 bridgehead atoms. The van der Waals surface area contributed by atoms with Crippen LogP contribution in [-0.4, -0.2) is 19.0 Å². The van der Waals surface area contributed by atoms with Crippen molar-refractivity contribution in [2.45, 2.75) is 78.2 Å². The Morgan fingerprint density at radius 2 is 1.83 bits per heavy atom. The summed E-state index contributed by atoms with van der Waals surface area (Å²) in [6.07, 6.45) is 11.1.